The first kappa shape index (κ1) is 11.6. The molecular formula is C10H10BrNO3S. The van der Waals surface area contributed by atoms with Crippen molar-refractivity contribution in [3.05, 3.63) is 20.8 Å². The van der Waals surface area contributed by atoms with Gasteiger partial charge in [0.05, 0.1) is 12.5 Å². The summed E-state index contributed by atoms with van der Waals surface area (Å²) in [5.41, 5.74) is 0. The molecule has 0 radical (unpaired) electrons. The molecule has 1 N–H and O–H groups in total. The second-order valence-corrected chi connectivity index (χ2v) is 5.56. The Morgan fingerprint density at radius 3 is 2.94 bits per heavy atom. The number of thiophene rings is 1. The van der Waals surface area contributed by atoms with E-state index in [0.29, 0.717) is 13.1 Å². The smallest absolute Gasteiger partial charge is 0.308 e. The quantitative estimate of drug-likeness (QED) is 0.928. The molecule has 1 aromatic rings. The van der Waals surface area contributed by atoms with Gasteiger partial charge in [0.25, 0.3) is 0 Å². The van der Waals surface area contributed by atoms with E-state index in [1.165, 1.54) is 0 Å². The Kier molecular flexibility index (Phi) is 3.30. The van der Waals surface area contributed by atoms with Crippen molar-refractivity contribution in [1.29, 1.82) is 0 Å². The zero-order valence-electron chi connectivity index (χ0n) is 8.35. The summed E-state index contributed by atoms with van der Waals surface area (Å²) in [5, 5.41) is 10.8. The van der Waals surface area contributed by atoms with Gasteiger partial charge in [-0.1, -0.05) is 0 Å². The average Bonchev–Trinajstić information content (AvgIpc) is 2.76. The molecule has 0 bridgehead atoms. The molecule has 0 aromatic carbocycles. The number of nitrogens with zero attached hydrogens (tertiary/aromatic N) is 1. The van der Waals surface area contributed by atoms with E-state index in [1.807, 2.05) is 11.4 Å². The molecule has 0 saturated carbocycles. The molecule has 6 heteroatoms. The molecule has 1 aliphatic rings. The molecule has 16 heavy (non-hydrogen) atoms. The van der Waals surface area contributed by atoms with Crippen LogP contribution in [0.15, 0.2) is 15.9 Å². The highest BCUT2D eigenvalue weighted by Crippen LogP contribution is 2.27. The van der Waals surface area contributed by atoms with E-state index < -0.39 is 11.9 Å². The number of carboxylic acids is 1. The predicted octanol–water partition coefficient (Wildman–Crippen LogP) is 1.94. The zero-order chi connectivity index (χ0) is 11.7. The van der Waals surface area contributed by atoms with Gasteiger partial charge in [-0.3, -0.25) is 9.59 Å². The standard InChI is InChI=1S/C10H10BrNO3S/c11-7-1-2-16-8(7)5-12-4-6(10(14)15)3-9(12)13/h1-2,6H,3-5H2,(H,14,15). The lowest BCUT2D eigenvalue weighted by atomic mass is 10.1. The third-order valence-corrected chi connectivity index (χ3v) is 4.50. The zero-order valence-corrected chi connectivity index (χ0v) is 10.8. The number of carbonyl (C=O) groups excluding carboxylic acids is 1. The normalized spacial score (nSPS) is 20.4. The predicted molar refractivity (Wildman–Crippen MR) is 63.2 cm³/mol. The van der Waals surface area contributed by atoms with Crippen molar-refractivity contribution < 1.29 is 14.7 Å². The van der Waals surface area contributed by atoms with Crippen LogP contribution >= 0.6 is 27.3 Å². The molecule has 0 spiro atoms. The molecule has 1 amide bonds. The Morgan fingerprint density at radius 1 is 1.69 bits per heavy atom. The highest BCUT2D eigenvalue weighted by molar-refractivity contribution is 9.10. The maximum Gasteiger partial charge on any atom is 0.308 e. The monoisotopic (exact) mass is 303 g/mol. The largest absolute Gasteiger partial charge is 0.481 e. The Morgan fingerprint density at radius 2 is 2.44 bits per heavy atom. The van der Waals surface area contributed by atoms with Gasteiger partial charge in [0.1, 0.15) is 0 Å². The van der Waals surface area contributed by atoms with E-state index in [9.17, 15) is 9.59 Å². The topological polar surface area (TPSA) is 57.6 Å². The molecule has 86 valence electrons. The van der Waals surface area contributed by atoms with Gasteiger partial charge in [0, 0.05) is 22.3 Å². The third kappa shape index (κ3) is 2.27. The Hall–Kier alpha value is -0.880. The van der Waals surface area contributed by atoms with Crippen LogP contribution in [0.3, 0.4) is 0 Å². The summed E-state index contributed by atoms with van der Waals surface area (Å²) in [6, 6.07) is 1.93. The lowest BCUT2D eigenvalue weighted by Crippen LogP contribution is -2.25. The summed E-state index contributed by atoms with van der Waals surface area (Å²) in [6.45, 7) is 0.819. The number of likely N-dealkylation sites (tertiary alicyclic amines) is 1. The molecule has 0 aliphatic carbocycles. The van der Waals surface area contributed by atoms with Crippen molar-refractivity contribution in [2.75, 3.05) is 6.54 Å². The summed E-state index contributed by atoms with van der Waals surface area (Å²) in [7, 11) is 0. The van der Waals surface area contributed by atoms with Crippen molar-refractivity contribution >= 4 is 39.1 Å². The highest BCUT2D eigenvalue weighted by atomic mass is 79.9. The number of hydrogen-bond donors (Lipinski definition) is 1. The molecule has 1 fully saturated rings. The van der Waals surface area contributed by atoms with E-state index >= 15 is 0 Å². The number of rotatable bonds is 3. The summed E-state index contributed by atoms with van der Waals surface area (Å²) in [4.78, 5) is 25.0. The minimum Gasteiger partial charge on any atom is -0.481 e. The fraction of sp³-hybridized carbons (Fsp3) is 0.400. The van der Waals surface area contributed by atoms with Crippen LogP contribution in [-0.2, 0) is 16.1 Å². The van der Waals surface area contributed by atoms with Crippen LogP contribution < -0.4 is 0 Å². The summed E-state index contributed by atoms with van der Waals surface area (Å²) < 4.78 is 0.976. The van der Waals surface area contributed by atoms with Gasteiger partial charge in [0.2, 0.25) is 5.91 Å². The highest BCUT2D eigenvalue weighted by Gasteiger charge is 2.34. The maximum atomic E-state index is 11.6. The van der Waals surface area contributed by atoms with Gasteiger partial charge in [-0.2, -0.15) is 0 Å². The molecule has 2 heterocycles. The Labute approximate surface area is 105 Å². The third-order valence-electron chi connectivity index (χ3n) is 2.59. The molecule has 4 nitrogen and oxygen atoms in total. The SMILES string of the molecule is O=C(O)C1CC(=O)N(Cc2sccc2Br)C1. The first-order valence-corrected chi connectivity index (χ1v) is 6.47. The fourth-order valence-corrected chi connectivity index (χ4v) is 3.19. The summed E-state index contributed by atoms with van der Waals surface area (Å²) in [5.74, 6) is -1.51. The number of hydrogen-bond acceptors (Lipinski definition) is 3. The second kappa shape index (κ2) is 4.55. The van der Waals surface area contributed by atoms with Crippen molar-refractivity contribution in [2.24, 2.45) is 5.92 Å². The number of amides is 1. The van der Waals surface area contributed by atoms with Gasteiger partial charge >= 0.3 is 5.97 Å². The minimum atomic E-state index is -0.888. The molecule has 1 aromatic heterocycles. The maximum absolute atomic E-state index is 11.6. The molecule has 2 rings (SSSR count). The summed E-state index contributed by atoms with van der Waals surface area (Å²) >= 11 is 4.95. The molecule has 1 unspecified atom stereocenters. The van der Waals surface area contributed by atoms with Gasteiger partial charge in [0.15, 0.2) is 0 Å². The Balaban J connectivity index is 2.04. The van der Waals surface area contributed by atoms with E-state index in [4.69, 9.17) is 5.11 Å². The number of aliphatic carboxylic acids is 1. The van der Waals surface area contributed by atoms with E-state index in [2.05, 4.69) is 15.9 Å². The van der Waals surface area contributed by atoms with Gasteiger partial charge < -0.3 is 10.0 Å². The van der Waals surface area contributed by atoms with Crippen LogP contribution in [0.2, 0.25) is 0 Å². The first-order valence-electron chi connectivity index (χ1n) is 4.80. The van der Waals surface area contributed by atoms with Gasteiger partial charge in [-0.25, -0.2) is 0 Å². The number of carboxylic acid groups (broad SMARTS) is 1. The van der Waals surface area contributed by atoms with Crippen LogP contribution in [0, 0.1) is 5.92 Å². The Bertz CT molecular complexity index is 431. The molecule has 1 aliphatic heterocycles. The van der Waals surface area contributed by atoms with Crippen LogP contribution in [0.4, 0.5) is 0 Å². The van der Waals surface area contributed by atoms with Crippen LogP contribution in [0.1, 0.15) is 11.3 Å². The lowest BCUT2D eigenvalue weighted by Gasteiger charge is -2.14. The van der Waals surface area contributed by atoms with E-state index in [-0.39, 0.29) is 12.3 Å². The molecule has 1 atom stereocenters. The van der Waals surface area contributed by atoms with Gasteiger partial charge in [-0.15, -0.1) is 11.3 Å². The number of halogens is 1. The van der Waals surface area contributed by atoms with Crippen molar-refractivity contribution in [3.63, 3.8) is 0 Å². The van der Waals surface area contributed by atoms with Crippen LogP contribution in [0.25, 0.3) is 0 Å². The summed E-state index contributed by atoms with van der Waals surface area (Å²) in [6.07, 6.45) is 0.123. The van der Waals surface area contributed by atoms with Crippen molar-refractivity contribution in [3.8, 4) is 0 Å². The lowest BCUT2D eigenvalue weighted by molar-refractivity contribution is -0.141. The van der Waals surface area contributed by atoms with Crippen LogP contribution in [0.5, 0.6) is 0 Å². The second-order valence-electron chi connectivity index (χ2n) is 3.71. The number of carbonyl (C=O) groups is 2. The average molecular weight is 304 g/mol. The van der Waals surface area contributed by atoms with Crippen molar-refractivity contribution in [1.82, 2.24) is 4.90 Å². The molecule has 1 saturated heterocycles. The van der Waals surface area contributed by atoms with Gasteiger partial charge in [-0.05, 0) is 27.4 Å². The first-order chi connectivity index (χ1) is 7.58. The van der Waals surface area contributed by atoms with E-state index in [0.717, 1.165) is 9.35 Å². The fourth-order valence-electron chi connectivity index (χ4n) is 1.70. The molecular weight excluding hydrogens is 294 g/mol. The minimum absolute atomic E-state index is 0.0762. The van der Waals surface area contributed by atoms with Crippen LogP contribution in [-0.4, -0.2) is 28.4 Å². The van der Waals surface area contributed by atoms with Crippen molar-refractivity contribution in [2.45, 2.75) is 13.0 Å². The van der Waals surface area contributed by atoms with E-state index in [1.54, 1.807) is 16.2 Å².